The van der Waals surface area contributed by atoms with Crippen LogP contribution in [0.2, 0.25) is 0 Å². The molecule has 3 fully saturated rings. The number of hydrogen-bond acceptors (Lipinski definition) is 3. The Hall–Kier alpha value is -6.33. The maximum atomic E-state index is 13.6. The number of benzene rings is 9. The van der Waals surface area contributed by atoms with Gasteiger partial charge in [0.2, 0.25) is 0 Å². The van der Waals surface area contributed by atoms with Crippen LogP contribution in [0.25, 0.3) is 0 Å². The molecule has 3 saturated heterocycles. The van der Waals surface area contributed by atoms with Crippen molar-refractivity contribution in [1.82, 2.24) is 0 Å². The van der Waals surface area contributed by atoms with Crippen molar-refractivity contribution >= 4 is 148 Å². The minimum Gasteiger partial charge on any atom is -0.289 e. The summed E-state index contributed by atoms with van der Waals surface area (Å²) in [6.07, 6.45) is 0. The van der Waals surface area contributed by atoms with E-state index in [4.69, 9.17) is 0 Å². The van der Waals surface area contributed by atoms with E-state index in [0.717, 1.165) is 77.7 Å². The lowest BCUT2D eigenvalue weighted by Crippen LogP contribution is -2.33. The highest BCUT2D eigenvalue weighted by Gasteiger charge is 2.48. The highest BCUT2D eigenvalue weighted by Crippen LogP contribution is 2.45. The van der Waals surface area contributed by atoms with E-state index in [1.807, 2.05) is 175 Å². The summed E-state index contributed by atoms with van der Waals surface area (Å²) in [4.78, 5) is 52.2. The summed E-state index contributed by atoms with van der Waals surface area (Å²) in [5, 5.41) is 0. The Morgan fingerprint density at radius 3 is 0.619 bits per heavy atom. The van der Waals surface area contributed by atoms with Crippen LogP contribution in [0.15, 0.2) is 245 Å². The number of hydrogen-bond donors (Lipinski definition) is 0. The molecule has 15 heteroatoms. The van der Waals surface area contributed by atoms with E-state index in [2.05, 4.69) is 210 Å². The summed E-state index contributed by atoms with van der Waals surface area (Å²) in [5.74, 6) is 0. The fourth-order valence-corrected chi connectivity index (χ4v) is 13.2. The molecule has 9 aromatic rings. The van der Waals surface area contributed by atoms with Gasteiger partial charge in [0.1, 0.15) is 0 Å². The zero-order valence-corrected chi connectivity index (χ0v) is 56.4. The number of anilines is 6. The van der Waals surface area contributed by atoms with Crippen LogP contribution in [0.4, 0.5) is 48.5 Å². The Balaban J connectivity index is 0.000000140. The molecule has 3 heterocycles. The van der Waals surface area contributed by atoms with Crippen LogP contribution in [0.1, 0.15) is 72.3 Å². The van der Waals surface area contributed by atoms with Gasteiger partial charge in [0.05, 0.1) is 36.3 Å². The van der Waals surface area contributed by atoms with Crippen LogP contribution < -0.4 is 29.4 Å². The zero-order valence-electron chi connectivity index (χ0n) is 46.9. The fraction of sp³-hybridized carbons (Fsp3) is 0.174. The highest BCUT2D eigenvalue weighted by atomic mass is 79.9. The van der Waals surface area contributed by atoms with E-state index in [9.17, 15) is 14.4 Å². The van der Waals surface area contributed by atoms with Crippen molar-refractivity contribution in [3.05, 3.63) is 279 Å². The second-order valence-electron chi connectivity index (χ2n) is 21.2. The van der Waals surface area contributed by atoms with Crippen molar-refractivity contribution in [2.75, 3.05) is 29.4 Å². The van der Waals surface area contributed by atoms with Crippen LogP contribution >= 0.6 is 95.6 Å². The molecule has 9 nitrogen and oxygen atoms in total. The highest BCUT2D eigenvalue weighted by molar-refractivity contribution is 9.11. The lowest BCUT2D eigenvalue weighted by Gasteiger charge is -2.26. The van der Waals surface area contributed by atoms with Gasteiger partial charge in [0.25, 0.3) is 0 Å². The number of amides is 6. The average molecular weight is 1500 g/mol. The number of carbonyl (C=O) groups is 3. The molecule has 0 saturated carbocycles. The molecule has 0 aliphatic carbocycles. The third-order valence-electron chi connectivity index (χ3n) is 15.4. The molecule has 12 rings (SSSR count). The molecule has 6 amide bonds. The first kappa shape index (κ1) is 60.8. The molecule has 2 unspecified atom stereocenters. The molecule has 0 radical (unpaired) electrons. The number of halogens is 6. The van der Waals surface area contributed by atoms with Crippen LogP contribution in [-0.2, 0) is 0 Å². The van der Waals surface area contributed by atoms with Gasteiger partial charge < -0.3 is 0 Å². The lowest BCUT2D eigenvalue weighted by atomic mass is 9.98. The van der Waals surface area contributed by atoms with Crippen molar-refractivity contribution in [2.24, 2.45) is 0 Å². The quantitative estimate of drug-likeness (QED) is 0.145. The Morgan fingerprint density at radius 2 is 0.440 bits per heavy atom. The van der Waals surface area contributed by atoms with E-state index >= 15 is 0 Å². The van der Waals surface area contributed by atoms with Gasteiger partial charge in [-0.25, -0.2) is 14.4 Å². The molecule has 0 bridgehead atoms. The summed E-state index contributed by atoms with van der Waals surface area (Å²) in [5.41, 5.74) is 12.4. The Kier molecular flexibility index (Phi) is 19.2. The second kappa shape index (κ2) is 26.5. The molecule has 0 spiro atoms. The Labute approximate surface area is 543 Å². The lowest BCUT2D eigenvalue weighted by molar-refractivity contribution is 0.254. The van der Waals surface area contributed by atoms with Crippen LogP contribution in [-0.4, -0.2) is 36.2 Å². The maximum Gasteiger partial charge on any atom is 0.329 e. The number of urea groups is 3. The monoisotopic (exact) mass is 1490 g/mol. The van der Waals surface area contributed by atoms with E-state index in [0.29, 0.717) is 0 Å². The molecule has 0 aromatic heterocycles. The summed E-state index contributed by atoms with van der Waals surface area (Å²) in [6.45, 7) is 12.6. The van der Waals surface area contributed by atoms with Gasteiger partial charge in [0.15, 0.2) is 0 Å². The molecule has 0 N–H and O–H groups in total. The molecule has 3 aliphatic heterocycles. The van der Waals surface area contributed by atoms with E-state index < -0.39 is 0 Å². The van der Waals surface area contributed by atoms with Gasteiger partial charge >= 0.3 is 18.1 Å². The van der Waals surface area contributed by atoms with Gasteiger partial charge in [-0.15, -0.1) is 0 Å². The molecule has 6 atom stereocenters. The van der Waals surface area contributed by atoms with Gasteiger partial charge in [-0.1, -0.05) is 185 Å². The molecule has 426 valence electrons. The van der Waals surface area contributed by atoms with E-state index in [-0.39, 0.29) is 54.3 Å². The van der Waals surface area contributed by atoms with Gasteiger partial charge in [-0.2, -0.15) is 0 Å². The summed E-state index contributed by atoms with van der Waals surface area (Å²) >= 11 is 20.9. The Bertz CT molecular complexity index is 3400. The van der Waals surface area contributed by atoms with Crippen LogP contribution in [0.3, 0.4) is 0 Å². The predicted molar refractivity (Wildman–Crippen MR) is 366 cm³/mol. The normalized spacial score (nSPS) is 19.4. The van der Waals surface area contributed by atoms with Gasteiger partial charge in [-0.05, 0) is 204 Å². The van der Waals surface area contributed by atoms with Crippen LogP contribution in [0, 0.1) is 20.8 Å². The van der Waals surface area contributed by atoms with Crippen LogP contribution in [0.5, 0.6) is 0 Å². The Morgan fingerprint density at radius 1 is 0.262 bits per heavy atom. The molecule has 84 heavy (non-hydrogen) atoms. The van der Waals surface area contributed by atoms with Gasteiger partial charge in [-0.3, -0.25) is 29.4 Å². The minimum absolute atomic E-state index is 0.0105. The molecular formula is C69H60Br6N6O3. The topological polar surface area (TPSA) is 70.7 Å². The maximum absolute atomic E-state index is 13.6. The standard InChI is InChI=1S/3C23H20Br2N2O/c3*1-15-4-3-5-17(14-15)22-16(2)26(20-10-6-18(24)7-11-20)23(28)27(22)21-12-8-19(25)9-13-21/h3*3-14,16,22H,1-2H3/t2*16-,22+;/m10./s1. The summed E-state index contributed by atoms with van der Waals surface area (Å²) < 4.78 is 5.97. The van der Waals surface area contributed by atoms with Crippen molar-refractivity contribution in [3.8, 4) is 0 Å². The third kappa shape index (κ3) is 13.1. The predicted octanol–water partition coefficient (Wildman–Crippen LogP) is 21.3. The number of carbonyl (C=O) groups excluding carboxylic acids is 3. The first-order chi connectivity index (χ1) is 40.4. The molecular weight excluding hydrogens is 1440 g/mol. The summed E-state index contributed by atoms with van der Waals surface area (Å²) in [7, 11) is 0. The van der Waals surface area contributed by atoms with Crippen molar-refractivity contribution in [3.63, 3.8) is 0 Å². The first-order valence-electron chi connectivity index (χ1n) is 27.5. The molecule has 3 aliphatic rings. The number of rotatable bonds is 9. The number of aryl methyl sites for hydroxylation is 3. The van der Waals surface area contributed by atoms with Gasteiger partial charge in [0, 0.05) is 61.0 Å². The van der Waals surface area contributed by atoms with Crippen molar-refractivity contribution in [1.29, 1.82) is 0 Å². The summed E-state index contributed by atoms with van der Waals surface area (Å²) in [6, 6.07) is 72.5. The van der Waals surface area contributed by atoms with Crippen molar-refractivity contribution in [2.45, 2.75) is 77.8 Å². The van der Waals surface area contributed by atoms with E-state index in [1.54, 1.807) is 0 Å². The third-order valence-corrected chi connectivity index (χ3v) is 18.6. The SMILES string of the molecule is Cc1cccc(C2C(C)N(c3ccc(Br)cc3)C(=O)N2c2ccc(Br)cc2)c1.Cc1cccc([C@@H]2[C@@H](C)N(c3ccc(Br)cc3)C(=O)N2c2ccc(Br)cc2)c1.Cc1cccc([C@H]2[C@H](C)N(c3ccc(Br)cc3)C(=O)N2c2ccc(Br)cc2)c1. The smallest absolute Gasteiger partial charge is 0.289 e. The average Bonchev–Trinajstić information content (AvgIpc) is 2.22. The fourth-order valence-electron chi connectivity index (χ4n) is 11.6. The zero-order chi connectivity index (χ0) is 59.5. The largest absolute Gasteiger partial charge is 0.329 e. The number of nitrogens with zero attached hydrogens (tertiary/aromatic N) is 6. The van der Waals surface area contributed by atoms with E-state index in [1.165, 1.54) is 16.7 Å². The first-order valence-corrected chi connectivity index (χ1v) is 32.2. The van der Waals surface area contributed by atoms with Crippen molar-refractivity contribution < 1.29 is 14.4 Å². The molecule has 9 aromatic carbocycles. The minimum atomic E-state index is -0.0720. The second-order valence-corrected chi connectivity index (χ2v) is 26.7.